The molecule has 0 saturated heterocycles. The molecule has 0 bridgehead atoms. The minimum absolute atomic E-state index is 0.229. The SMILES string of the molecule is CCCCN(CCCC)C1=C(C(=O)c2ccccc2)N(C)S(=O)(=O)c2ccccc21. The highest BCUT2D eigenvalue weighted by atomic mass is 32.2. The van der Waals surface area contributed by atoms with Crippen molar-refractivity contribution in [2.75, 3.05) is 20.1 Å². The maximum absolute atomic E-state index is 13.6. The molecule has 30 heavy (non-hydrogen) atoms. The molecule has 0 fully saturated rings. The van der Waals surface area contributed by atoms with E-state index in [1.807, 2.05) is 18.2 Å². The van der Waals surface area contributed by atoms with Gasteiger partial charge in [0.25, 0.3) is 10.0 Å². The van der Waals surface area contributed by atoms with Crippen LogP contribution in [0.1, 0.15) is 55.5 Å². The summed E-state index contributed by atoms with van der Waals surface area (Å²) in [6, 6.07) is 15.9. The highest BCUT2D eigenvalue weighted by Gasteiger charge is 2.39. The van der Waals surface area contributed by atoms with Crippen molar-refractivity contribution in [3.63, 3.8) is 0 Å². The maximum Gasteiger partial charge on any atom is 0.264 e. The monoisotopic (exact) mass is 426 g/mol. The first-order chi connectivity index (χ1) is 14.4. The Kier molecular flexibility index (Phi) is 6.98. The number of benzene rings is 2. The summed E-state index contributed by atoms with van der Waals surface area (Å²) in [7, 11) is -2.32. The molecule has 0 spiro atoms. The third-order valence-corrected chi connectivity index (χ3v) is 7.27. The Morgan fingerprint density at radius 3 is 2.07 bits per heavy atom. The lowest BCUT2D eigenvalue weighted by Crippen LogP contribution is -2.39. The lowest BCUT2D eigenvalue weighted by molar-refractivity contribution is 0.101. The normalized spacial score (nSPS) is 15.1. The van der Waals surface area contributed by atoms with Crippen LogP contribution in [0, 0.1) is 0 Å². The average molecular weight is 427 g/mol. The fourth-order valence-electron chi connectivity index (χ4n) is 3.76. The summed E-state index contributed by atoms with van der Waals surface area (Å²) < 4.78 is 27.7. The van der Waals surface area contributed by atoms with Crippen LogP contribution in [0.4, 0.5) is 0 Å². The van der Waals surface area contributed by atoms with Gasteiger partial charge in [0.2, 0.25) is 5.78 Å². The number of likely N-dealkylation sites (N-methyl/N-ethyl adjacent to an activating group) is 1. The number of fused-ring (bicyclic) bond motifs is 1. The van der Waals surface area contributed by atoms with Gasteiger partial charge in [0, 0.05) is 31.3 Å². The number of sulfonamides is 1. The quantitative estimate of drug-likeness (QED) is 0.542. The molecule has 1 aliphatic heterocycles. The first-order valence-corrected chi connectivity index (χ1v) is 12.0. The van der Waals surface area contributed by atoms with Gasteiger partial charge in [-0.05, 0) is 18.9 Å². The fraction of sp³-hybridized carbons (Fsp3) is 0.375. The van der Waals surface area contributed by atoms with E-state index in [-0.39, 0.29) is 16.4 Å². The molecule has 3 rings (SSSR count). The van der Waals surface area contributed by atoms with E-state index in [9.17, 15) is 13.2 Å². The highest BCUT2D eigenvalue weighted by Crippen LogP contribution is 2.39. The number of carbonyl (C=O) groups excluding carboxylic acids is 1. The number of nitrogens with zero attached hydrogens (tertiary/aromatic N) is 2. The number of unbranched alkanes of at least 4 members (excludes halogenated alkanes) is 2. The van der Waals surface area contributed by atoms with Gasteiger partial charge in [-0.1, -0.05) is 75.2 Å². The smallest absolute Gasteiger partial charge is 0.264 e. The largest absolute Gasteiger partial charge is 0.369 e. The Morgan fingerprint density at radius 1 is 0.900 bits per heavy atom. The van der Waals surface area contributed by atoms with E-state index >= 15 is 0 Å². The van der Waals surface area contributed by atoms with E-state index < -0.39 is 10.0 Å². The van der Waals surface area contributed by atoms with E-state index in [1.165, 1.54) is 11.4 Å². The maximum atomic E-state index is 13.6. The summed E-state index contributed by atoms with van der Waals surface area (Å²) >= 11 is 0. The zero-order valence-electron chi connectivity index (χ0n) is 18.0. The van der Waals surface area contributed by atoms with Crippen molar-refractivity contribution in [3.8, 4) is 0 Å². The molecule has 0 atom stereocenters. The summed E-state index contributed by atoms with van der Waals surface area (Å²) in [5.41, 5.74) is 2.05. The molecule has 2 aromatic carbocycles. The summed E-state index contributed by atoms with van der Waals surface area (Å²) in [5, 5.41) is 0. The molecule has 0 N–H and O–H groups in total. The molecule has 0 aliphatic carbocycles. The molecule has 0 radical (unpaired) electrons. The van der Waals surface area contributed by atoms with Gasteiger partial charge in [-0.3, -0.25) is 9.10 Å². The van der Waals surface area contributed by atoms with Crippen LogP contribution in [0.3, 0.4) is 0 Å². The predicted molar refractivity (Wildman–Crippen MR) is 120 cm³/mol. The number of Topliss-reactive ketones (excluding diaryl/α,β-unsaturated/α-hetero) is 1. The van der Waals surface area contributed by atoms with Crippen LogP contribution in [0.2, 0.25) is 0 Å². The van der Waals surface area contributed by atoms with Gasteiger partial charge >= 0.3 is 0 Å². The van der Waals surface area contributed by atoms with Crippen LogP contribution in [-0.2, 0) is 10.0 Å². The van der Waals surface area contributed by atoms with E-state index in [1.54, 1.807) is 36.4 Å². The van der Waals surface area contributed by atoms with Crippen molar-refractivity contribution in [2.24, 2.45) is 0 Å². The molecule has 1 aliphatic rings. The lowest BCUT2D eigenvalue weighted by atomic mass is 10.0. The van der Waals surface area contributed by atoms with E-state index in [4.69, 9.17) is 0 Å². The van der Waals surface area contributed by atoms with Crippen LogP contribution < -0.4 is 0 Å². The van der Waals surface area contributed by atoms with E-state index in [2.05, 4.69) is 18.7 Å². The number of hydrogen-bond donors (Lipinski definition) is 0. The van der Waals surface area contributed by atoms with Gasteiger partial charge in [-0.25, -0.2) is 8.42 Å². The molecular weight excluding hydrogens is 396 g/mol. The molecule has 6 heteroatoms. The van der Waals surface area contributed by atoms with Crippen LogP contribution in [-0.4, -0.2) is 43.5 Å². The van der Waals surface area contributed by atoms with Gasteiger partial charge in [0.1, 0.15) is 5.70 Å². The molecule has 1 heterocycles. The molecule has 0 saturated carbocycles. The molecule has 0 unspecified atom stereocenters. The Bertz CT molecular complexity index is 1020. The Hall–Kier alpha value is -2.60. The Balaban J connectivity index is 2.28. The van der Waals surface area contributed by atoms with Gasteiger partial charge in [-0.2, -0.15) is 0 Å². The minimum Gasteiger partial charge on any atom is -0.369 e. The second-order valence-electron chi connectivity index (χ2n) is 7.56. The predicted octanol–water partition coefficient (Wildman–Crippen LogP) is 4.77. The third-order valence-electron chi connectivity index (χ3n) is 5.45. The van der Waals surface area contributed by atoms with E-state index in [0.717, 1.165) is 44.5 Å². The minimum atomic E-state index is -3.80. The average Bonchev–Trinajstić information content (AvgIpc) is 2.77. The van der Waals surface area contributed by atoms with Crippen molar-refractivity contribution in [2.45, 2.75) is 44.4 Å². The summed E-state index contributed by atoms with van der Waals surface area (Å²) in [6.07, 6.45) is 3.98. The first-order valence-electron chi connectivity index (χ1n) is 10.6. The number of ketones is 1. The summed E-state index contributed by atoms with van der Waals surface area (Å²) in [6.45, 7) is 5.82. The van der Waals surface area contributed by atoms with Crippen LogP contribution in [0.15, 0.2) is 65.2 Å². The molecule has 0 amide bonds. The van der Waals surface area contributed by atoms with Crippen LogP contribution >= 0.6 is 0 Å². The molecule has 160 valence electrons. The number of carbonyl (C=O) groups is 1. The first kappa shape index (κ1) is 22.1. The van der Waals surface area contributed by atoms with Gasteiger partial charge < -0.3 is 4.90 Å². The highest BCUT2D eigenvalue weighted by molar-refractivity contribution is 7.89. The lowest BCUT2D eigenvalue weighted by Gasteiger charge is -2.37. The topological polar surface area (TPSA) is 57.7 Å². The Labute approximate surface area is 180 Å². The molecular formula is C24H30N2O3S. The zero-order chi connectivity index (χ0) is 21.7. The van der Waals surface area contributed by atoms with Crippen molar-refractivity contribution >= 4 is 21.5 Å². The Morgan fingerprint density at radius 2 is 1.47 bits per heavy atom. The molecule has 0 aromatic heterocycles. The standard InChI is InChI=1S/C24H30N2O3S/c1-4-6-17-26(18-7-5-2)22-20-15-11-12-16-21(20)30(28,29)25(3)23(22)24(27)19-13-9-8-10-14-19/h8-16H,4-7,17-18H2,1-3H3. The number of hydrogen-bond acceptors (Lipinski definition) is 4. The summed E-state index contributed by atoms with van der Waals surface area (Å²) in [5.74, 6) is -0.274. The van der Waals surface area contributed by atoms with Crippen molar-refractivity contribution in [1.82, 2.24) is 9.21 Å². The van der Waals surface area contributed by atoms with Crippen LogP contribution in [0.25, 0.3) is 5.70 Å². The fourth-order valence-corrected chi connectivity index (χ4v) is 5.16. The summed E-state index contributed by atoms with van der Waals surface area (Å²) in [4.78, 5) is 16.0. The van der Waals surface area contributed by atoms with Crippen LogP contribution in [0.5, 0.6) is 0 Å². The van der Waals surface area contributed by atoms with Crippen molar-refractivity contribution < 1.29 is 13.2 Å². The second kappa shape index (κ2) is 9.47. The zero-order valence-corrected chi connectivity index (χ0v) is 18.8. The molecule has 2 aromatic rings. The number of rotatable bonds is 9. The third kappa shape index (κ3) is 4.15. The van der Waals surface area contributed by atoms with Crippen molar-refractivity contribution in [1.29, 1.82) is 0 Å². The van der Waals surface area contributed by atoms with Gasteiger partial charge in [0.15, 0.2) is 0 Å². The van der Waals surface area contributed by atoms with E-state index in [0.29, 0.717) is 11.1 Å². The number of allylic oxidation sites excluding steroid dienone is 1. The van der Waals surface area contributed by atoms with Gasteiger partial charge in [-0.15, -0.1) is 0 Å². The van der Waals surface area contributed by atoms with Gasteiger partial charge in [0.05, 0.1) is 10.6 Å². The van der Waals surface area contributed by atoms with Crippen molar-refractivity contribution in [3.05, 3.63) is 71.4 Å². The second-order valence-corrected chi connectivity index (χ2v) is 9.49. The molecule has 5 nitrogen and oxygen atoms in total.